The first-order valence-corrected chi connectivity index (χ1v) is 11.3. The average Bonchev–Trinajstić information content (AvgIpc) is 2.74. The third-order valence-corrected chi connectivity index (χ3v) is 5.92. The highest BCUT2D eigenvalue weighted by Gasteiger charge is 2.28. The van der Waals surface area contributed by atoms with Crippen LogP contribution >= 0.6 is 11.8 Å². The average molecular weight is 413 g/mol. The molecule has 0 aliphatic rings. The smallest absolute Gasteiger partial charge is 0.242 e. The Kier molecular flexibility index (Phi) is 9.78. The monoisotopic (exact) mass is 412 g/mol. The second-order valence-corrected chi connectivity index (χ2v) is 8.17. The highest BCUT2D eigenvalue weighted by Crippen LogP contribution is 2.21. The Bertz CT molecular complexity index is 779. The summed E-state index contributed by atoms with van der Waals surface area (Å²) in [6.45, 7) is 7.20. The summed E-state index contributed by atoms with van der Waals surface area (Å²) in [6.07, 6.45) is 2.56. The quantitative estimate of drug-likeness (QED) is 0.426. The molecule has 0 aliphatic carbocycles. The zero-order valence-corrected chi connectivity index (χ0v) is 18.5. The van der Waals surface area contributed by atoms with Crippen LogP contribution in [0.5, 0.6) is 0 Å². The number of unbranched alkanes of at least 4 members (excludes halogenated alkanes) is 1. The maximum absolute atomic E-state index is 13.2. The van der Waals surface area contributed by atoms with Crippen molar-refractivity contribution < 1.29 is 9.59 Å². The van der Waals surface area contributed by atoms with E-state index in [-0.39, 0.29) is 11.8 Å². The van der Waals surface area contributed by atoms with Gasteiger partial charge in [-0.1, -0.05) is 62.7 Å². The third-order valence-electron chi connectivity index (χ3n) is 4.92. The van der Waals surface area contributed by atoms with E-state index in [0.29, 0.717) is 25.3 Å². The number of aryl methyl sites for hydroxylation is 1. The number of rotatable bonds is 11. The lowest BCUT2D eigenvalue weighted by atomic mass is 10.1. The normalized spacial score (nSPS) is 11.7. The summed E-state index contributed by atoms with van der Waals surface area (Å²) >= 11 is 1.51. The molecule has 0 fully saturated rings. The first kappa shape index (κ1) is 23.0. The van der Waals surface area contributed by atoms with Gasteiger partial charge in [0.2, 0.25) is 11.8 Å². The van der Waals surface area contributed by atoms with Gasteiger partial charge in [-0.05, 0) is 43.0 Å². The Labute approximate surface area is 179 Å². The predicted octanol–water partition coefficient (Wildman–Crippen LogP) is 4.81. The number of hydrogen-bond acceptors (Lipinski definition) is 3. The molecule has 0 radical (unpaired) electrons. The molecule has 1 unspecified atom stereocenters. The van der Waals surface area contributed by atoms with Crippen LogP contribution in [0.25, 0.3) is 0 Å². The molecule has 1 atom stereocenters. The molecule has 5 heteroatoms. The van der Waals surface area contributed by atoms with Gasteiger partial charge < -0.3 is 10.2 Å². The summed E-state index contributed by atoms with van der Waals surface area (Å²) in [5.74, 6) is 0.237. The van der Waals surface area contributed by atoms with Crippen molar-refractivity contribution in [3.63, 3.8) is 0 Å². The van der Waals surface area contributed by atoms with Crippen molar-refractivity contribution in [1.29, 1.82) is 0 Å². The Morgan fingerprint density at radius 3 is 2.38 bits per heavy atom. The first-order chi connectivity index (χ1) is 14.1. The fourth-order valence-electron chi connectivity index (χ4n) is 3.14. The van der Waals surface area contributed by atoms with Crippen LogP contribution in [0.15, 0.2) is 59.5 Å². The molecule has 0 spiro atoms. The molecule has 0 saturated heterocycles. The number of hydrogen-bond donors (Lipinski definition) is 1. The molecule has 156 valence electrons. The fraction of sp³-hybridized carbons (Fsp3) is 0.417. The SMILES string of the molecule is CCCCNC(=O)C(CC)N(Cc1ccccc1C)C(=O)CSc1ccccc1. The Hall–Kier alpha value is -2.27. The van der Waals surface area contributed by atoms with Gasteiger partial charge in [0.1, 0.15) is 6.04 Å². The molecule has 0 heterocycles. The van der Waals surface area contributed by atoms with Gasteiger partial charge in [-0.25, -0.2) is 0 Å². The van der Waals surface area contributed by atoms with Crippen LogP contribution in [-0.4, -0.2) is 35.1 Å². The molecule has 1 N–H and O–H groups in total. The molecule has 0 aromatic heterocycles. The van der Waals surface area contributed by atoms with Crippen molar-refractivity contribution in [3.05, 3.63) is 65.7 Å². The van der Waals surface area contributed by atoms with Gasteiger partial charge in [-0.2, -0.15) is 0 Å². The Morgan fingerprint density at radius 1 is 1.03 bits per heavy atom. The lowest BCUT2D eigenvalue weighted by Crippen LogP contribution is -2.49. The van der Waals surface area contributed by atoms with Crippen LogP contribution in [0.2, 0.25) is 0 Å². The summed E-state index contributed by atoms with van der Waals surface area (Å²) in [6, 6.07) is 17.5. The number of thioether (sulfide) groups is 1. The molecule has 2 aromatic carbocycles. The molecule has 2 amide bonds. The van der Waals surface area contributed by atoms with Crippen LogP contribution in [-0.2, 0) is 16.1 Å². The minimum Gasteiger partial charge on any atom is -0.354 e. The van der Waals surface area contributed by atoms with E-state index < -0.39 is 6.04 Å². The minimum absolute atomic E-state index is 0.0143. The van der Waals surface area contributed by atoms with Gasteiger partial charge in [-0.3, -0.25) is 9.59 Å². The zero-order valence-electron chi connectivity index (χ0n) is 17.7. The third kappa shape index (κ3) is 7.24. The largest absolute Gasteiger partial charge is 0.354 e. The molecule has 0 saturated carbocycles. The fourth-order valence-corrected chi connectivity index (χ4v) is 3.95. The summed E-state index contributed by atoms with van der Waals surface area (Å²) in [7, 11) is 0. The number of nitrogens with one attached hydrogen (secondary N) is 1. The van der Waals surface area contributed by atoms with Crippen molar-refractivity contribution in [2.24, 2.45) is 0 Å². The van der Waals surface area contributed by atoms with Gasteiger partial charge in [0, 0.05) is 18.0 Å². The van der Waals surface area contributed by atoms with Crippen LogP contribution < -0.4 is 5.32 Å². The lowest BCUT2D eigenvalue weighted by molar-refractivity contribution is -0.139. The molecule has 0 bridgehead atoms. The number of nitrogens with zero attached hydrogens (tertiary/aromatic N) is 1. The molecule has 0 aliphatic heterocycles. The van der Waals surface area contributed by atoms with E-state index in [9.17, 15) is 9.59 Å². The number of benzene rings is 2. The molecule has 2 aromatic rings. The minimum atomic E-state index is -0.463. The van der Waals surface area contributed by atoms with E-state index in [1.54, 1.807) is 4.90 Å². The van der Waals surface area contributed by atoms with E-state index in [2.05, 4.69) is 12.2 Å². The van der Waals surface area contributed by atoms with Crippen molar-refractivity contribution in [1.82, 2.24) is 10.2 Å². The molecule has 4 nitrogen and oxygen atoms in total. The number of carbonyl (C=O) groups excluding carboxylic acids is 2. The molecule has 2 rings (SSSR count). The Morgan fingerprint density at radius 2 is 1.72 bits per heavy atom. The number of carbonyl (C=O) groups is 2. The topological polar surface area (TPSA) is 49.4 Å². The van der Waals surface area contributed by atoms with E-state index in [4.69, 9.17) is 0 Å². The predicted molar refractivity (Wildman–Crippen MR) is 121 cm³/mol. The van der Waals surface area contributed by atoms with Gasteiger partial charge in [0.25, 0.3) is 0 Å². The highest BCUT2D eigenvalue weighted by molar-refractivity contribution is 8.00. The standard InChI is InChI=1S/C24H32N2O2S/c1-4-6-16-25-24(28)22(5-2)26(17-20-13-11-10-12-19(20)3)23(27)18-29-21-14-8-7-9-15-21/h7-15,22H,4-6,16-18H2,1-3H3,(H,25,28). The van der Waals surface area contributed by atoms with E-state index in [1.807, 2.05) is 68.4 Å². The highest BCUT2D eigenvalue weighted by atomic mass is 32.2. The van der Waals surface area contributed by atoms with E-state index >= 15 is 0 Å². The lowest BCUT2D eigenvalue weighted by Gasteiger charge is -2.31. The zero-order chi connectivity index (χ0) is 21.1. The summed E-state index contributed by atoms with van der Waals surface area (Å²) in [5.41, 5.74) is 2.20. The number of amides is 2. The van der Waals surface area contributed by atoms with Crippen molar-refractivity contribution >= 4 is 23.6 Å². The van der Waals surface area contributed by atoms with Gasteiger partial charge in [0.15, 0.2) is 0 Å². The maximum atomic E-state index is 13.2. The summed E-state index contributed by atoms with van der Waals surface area (Å²) < 4.78 is 0. The van der Waals surface area contributed by atoms with Gasteiger partial charge >= 0.3 is 0 Å². The first-order valence-electron chi connectivity index (χ1n) is 10.4. The van der Waals surface area contributed by atoms with Crippen LogP contribution in [0.1, 0.15) is 44.2 Å². The van der Waals surface area contributed by atoms with E-state index in [0.717, 1.165) is 28.9 Å². The van der Waals surface area contributed by atoms with Crippen molar-refractivity contribution in [2.45, 2.75) is 57.5 Å². The second-order valence-electron chi connectivity index (χ2n) is 7.12. The molecule has 29 heavy (non-hydrogen) atoms. The van der Waals surface area contributed by atoms with Crippen LogP contribution in [0, 0.1) is 6.92 Å². The van der Waals surface area contributed by atoms with Crippen LogP contribution in [0.3, 0.4) is 0 Å². The summed E-state index contributed by atoms with van der Waals surface area (Å²) in [5, 5.41) is 3.00. The van der Waals surface area contributed by atoms with Crippen LogP contribution in [0.4, 0.5) is 0 Å². The van der Waals surface area contributed by atoms with Gasteiger partial charge in [0.05, 0.1) is 5.75 Å². The molecular weight excluding hydrogens is 380 g/mol. The Balaban J connectivity index is 2.17. The van der Waals surface area contributed by atoms with Crippen molar-refractivity contribution in [2.75, 3.05) is 12.3 Å². The maximum Gasteiger partial charge on any atom is 0.242 e. The molecular formula is C24H32N2O2S. The summed E-state index contributed by atoms with van der Waals surface area (Å²) in [4.78, 5) is 28.8. The van der Waals surface area contributed by atoms with Crippen molar-refractivity contribution in [3.8, 4) is 0 Å². The second kappa shape index (κ2) is 12.3. The van der Waals surface area contributed by atoms with Gasteiger partial charge in [-0.15, -0.1) is 11.8 Å². The van der Waals surface area contributed by atoms with E-state index in [1.165, 1.54) is 11.8 Å².